The Hall–Kier alpha value is -0.170. The molecule has 4 nitrogen and oxygen atoms in total. The molecule has 0 aliphatic heterocycles. The van der Waals surface area contributed by atoms with E-state index in [1.54, 1.807) is 0 Å². The third kappa shape index (κ3) is 3.71. The zero-order chi connectivity index (χ0) is 11.5. The minimum Gasteiger partial charge on any atom is -0.395 e. The van der Waals surface area contributed by atoms with Crippen molar-refractivity contribution in [3.63, 3.8) is 0 Å². The number of hydrogen-bond donors (Lipinski definition) is 2. The van der Waals surface area contributed by atoms with Crippen molar-refractivity contribution in [1.82, 2.24) is 9.36 Å². The van der Waals surface area contributed by atoms with Gasteiger partial charge in [0.2, 0.25) is 0 Å². The van der Waals surface area contributed by atoms with Crippen molar-refractivity contribution in [3.05, 3.63) is 6.33 Å². The smallest absolute Gasteiger partial charge is 0.170 e. The lowest BCUT2D eigenvalue weighted by atomic mass is 9.85. The van der Waals surface area contributed by atoms with Crippen molar-refractivity contribution in [2.75, 3.05) is 6.61 Å². The summed E-state index contributed by atoms with van der Waals surface area (Å²) in [4.78, 5) is 4.07. The minimum atomic E-state index is -0.0728. The highest BCUT2D eigenvalue weighted by molar-refractivity contribution is 8.01. The Labute approximate surface area is 98.5 Å². The Bertz CT molecular complexity index is 284. The maximum Gasteiger partial charge on any atom is 0.170 e. The van der Waals surface area contributed by atoms with Gasteiger partial charge in [-0.3, -0.25) is 0 Å². The molecule has 0 radical (unpaired) electrons. The molecular formula is C9H17N3OS2. The Morgan fingerprint density at radius 3 is 2.67 bits per heavy atom. The van der Waals surface area contributed by atoms with Gasteiger partial charge in [-0.05, 0) is 16.9 Å². The van der Waals surface area contributed by atoms with Crippen molar-refractivity contribution in [1.29, 1.82) is 0 Å². The summed E-state index contributed by atoms with van der Waals surface area (Å²) >= 11 is 2.83. The van der Waals surface area contributed by atoms with E-state index in [9.17, 15) is 5.11 Å². The number of aliphatic hydroxyl groups excluding tert-OH is 1. The van der Waals surface area contributed by atoms with Crippen LogP contribution in [-0.2, 0) is 0 Å². The monoisotopic (exact) mass is 247 g/mol. The molecule has 0 bridgehead atoms. The van der Waals surface area contributed by atoms with Crippen LogP contribution in [0.1, 0.15) is 20.8 Å². The van der Waals surface area contributed by atoms with Gasteiger partial charge in [0.25, 0.3) is 0 Å². The molecule has 0 saturated heterocycles. The summed E-state index contributed by atoms with van der Waals surface area (Å²) in [5.41, 5.74) is 6.07. The minimum absolute atomic E-state index is 0.0227. The summed E-state index contributed by atoms with van der Waals surface area (Å²) in [6.07, 6.45) is 1.52. The standard InChI is InChI=1S/C9H17N3OS2/c1-9(2,3)7(10)6(4-13)14-8-11-5-12-15-8/h5-7,13H,4,10H2,1-3H3. The number of aliphatic hydroxyl groups is 1. The van der Waals surface area contributed by atoms with Crippen LogP contribution in [0.15, 0.2) is 10.7 Å². The first-order valence-electron chi connectivity index (χ1n) is 4.75. The van der Waals surface area contributed by atoms with E-state index in [0.717, 1.165) is 4.34 Å². The van der Waals surface area contributed by atoms with Gasteiger partial charge in [-0.15, -0.1) is 0 Å². The number of aromatic nitrogens is 2. The third-order valence-electron chi connectivity index (χ3n) is 2.17. The largest absolute Gasteiger partial charge is 0.395 e. The first-order chi connectivity index (χ1) is 6.95. The van der Waals surface area contributed by atoms with Crippen LogP contribution in [0.4, 0.5) is 0 Å². The Morgan fingerprint density at radius 2 is 2.27 bits per heavy atom. The predicted molar refractivity (Wildman–Crippen MR) is 64.1 cm³/mol. The summed E-state index contributed by atoms with van der Waals surface area (Å²) in [7, 11) is 0. The average molecular weight is 247 g/mol. The first-order valence-corrected chi connectivity index (χ1v) is 6.40. The molecule has 0 aromatic carbocycles. The van der Waals surface area contributed by atoms with Crippen molar-refractivity contribution in [2.24, 2.45) is 11.1 Å². The van der Waals surface area contributed by atoms with E-state index in [2.05, 4.69) is 30.1 Å². The number of nitrogens with two attached hydrogens (primary N) is 1. The van der Waals surface area contributed by atoms with E-state index in [1.807, 2.05) is 0 Å². The van der Waals surface area contributed by atoms with Gasteiger partial charge in [0.05, 0.1) is 11.9 Å². The average Bonchev–Trinajstić information content (AvgIpc) is 2.64. The Balaban J connectivity index is 2.64. The molecule has 2 atom stereocenters. The highest BCUT2D eigenvalue weighted by Gasteiger charge is 2.29. The number of rotatable bonds is 4. The van der Waals surface area contributed by atoms with Crippen LogP contribution in [-0.4, -0.2) is 32.4 Å². The van der Waals surface area contributed by atoms with Crippen LogP contribution in [0.3, 0.4) is 0 Å². The molecule has 1 heterocycles. The molecule has 1 aromatic heterocycles. The molecule has 3 N–H and O–H groups in total. The second-order valence-electron chi connectivity index (χ2n) is 4.44. The summed E-state index contributed by atoms with van der Waals surface area (Å²) in [6, 6.07) is -0.0728. The van der Waals surface area contributed by atoms with Crippen LogP contribution < -0.4 is 5.73 Å². The highest BCUT2D eigenvalue weighted by Crippen LogP contribution is 2.31. The quantitative estimate of drug-likeness (QED) is 0.786. The maximum absolute atomic E-state index is 9.31. The molecule has 0 fully saturated rings. The van der Waals surface area contributed by atoms with Gasteiger partial charge in [0.15, 0.2) is 4.34 Å². The topological polar surface area (TPSA) is 72.0 Å². The lowest BCUT2D eigenvalue weighted by Gasteiger charge is -2.32. The SMILES string of the molecule is CC(C)(C)C(N)C(CO)Sc1ncns1. The summed E-state index contributed by atoms with van der Waals surface area (Å²) in [6.45, 7) is 6.27. The molecule has 86 valence electrons. The zero-order valence-electron chi connectivity index (χ0n) is 9.17. The predicted octanol–water partition coefficient (Wildman–Crippen LogP) is 1.36. The molecule has 0 aliphatic rings. The Morgan fingerprint density at radius 1 is 1.60 bits per heavy atom. The fourth-order valence-corrected chi connectivity index (χ4v) is 3.07. The number of hydrogen-bond acceptors (Lipinski definition) is 6. The molecule has 0 aliphatic carbocycles. The first kappa shape index (κ1) is 12.9. The van der Waals surface area contributed by atoms with Crippen molar-refractivity contribution >= 4 is 23.3 Å². The third-order valence-corrected chi connectivity index (χ3v) is 4.20. The highest BCUT2D eigenvalue weighted by atomic mass is 32.2. The second-order valence-corrected chi connectivity index (χ2v) is 6.70. The molecule has 1 aromatic rings. The van der Waals surface area contributed by atoms with Crippen molar-refractivity contribution < 1.29 is 5.11 Å². The normalized spacial score (nSPS) is 16.3. The van der Waals surface area contributed by atoms with Crippen LogP contribution in [0.2, 0.25) is 0 Å². The van der Waals surface area contributed by atoms with Gasteiger partial charge in [-0.25, -0.2) is 4.98 Å². The molecular weight excluding hydrogens is 230 g/mol. The fraction of sp³-hybridized carbons (Fsp3) is 0.778. The summed E-state index contributed by atoms with van der Waals surface area (Å²) in [5, 5.41) is 9.28. The summed E-state index contributed by atoms with van der Waals surface area (Å²) < 4.78 is 4.77. The van der Waals surface area contributed by atoms with Gasteiger partial charge in [0, 0.05) is 6.04 Å². The van der Waals surface area contributed by atoms with E-state index < -0.39 is 0 Å². The lowest BCUT2D eigenvalue weighted by molar-refractivity contribution is 0.233. The van der Waals surface area contributed by atoms with Gasteiger partial charge >= 0.3 is 0 Å². The molecule has 6 heteroatoms. The second kappa shape index (κ2) is 5.25. The number of thioether (sulfide) groups is 1. The molecule has 0 spiro atoms. The van der Waals surface area contributed by atoms with Crippen LogP contribution in [0, 0.1) is 5.41 Å². The van der Waals surface area contributed by atoms with E-state index in [4.69, 9.17) is 5.73 Å². The Kier molecular flexibility index (Phi) is 4.51. The van der Waals surface area contributed by atoms with E-state index in [0.29, 0.717) is 0 Å². The maximum atomic E-state index is 9.31. The van der Waals surface area contributed by atoms with Gasteiger partial charge < -0.3 is 10.8 Å². The molecule has 0 amide bonds. The number of nitrogens with zero attached hydrogens (tertiary/aromatic N) is 2. The van der Waals surface area contributed by atoms with E-state index in [-0.39, 0.29) is 23.3 Å². The fourth-order valence-electron chi connectivity index (χ4n) is 1.13. The zero-order valence-corrected chi connectivity index (χ0v) is 10.8. The van der Waals surface area contributed by atoms with Crippen LogP contribution in [0.25, 0.3) is 0 Å². The molecule has 2 unspecified atom stereocenters. The lowest BCUT2D eigenvalue weighted by Crippen LogP contribution is -2.45. The molecule has 15 heavy (non-hydrogen) atoms. The van der Waals surface area contributed by atoms with Crippen LogP contribution >= 0.6 is 23.3 Å². The van der Waals surface area contributed by atoms with Crippen LogP contribution in [0.5, 0.6) is 0 Å². The molecule has 1 rings (SSSR count). The molecule has 0 saturated carbocycles. The van der Waals surface area contributed by atoms with Crippen molar-refractivity contribution in [3.8, 4) is 0 Å². The van der Waals surface area contributed by atoms with Crippen molar-refractivity contribution in [2.45, 2.75) is 36.4 Å². The summed E-state index contributed by atoms with van der Waals surface area (Å²) in [5.74, 6) is 0. The van der Waals surface area contributed by atoms with Gasteiger partial charge in [-0.2, -0.15) is 4.37 Å². The van der Waals surface area contributed by atoms with E-state index >= 15 is 0 Å². The van der Waals surface area contributed by atoms with Gasteiger partial charge in [0.1, 0.15) is 6.33 Å². The van der Waals surface area contributed by atoms with Gasteiger partial charge in [-0.1, -0.05) is 32.5 Å². The van der Waals surface area contributed by atoms with E-state index in [1.165, 1.54) is 29.6 Å².